The highest BCUT2D eigenvalue weighted by atomic mass is 32.1. The Morgan fingerprint density at radius 1 is 1.25 bits per heavy atom. The Labute approximate surface area is 144 Å². The Morgan fingerprint density at radius 2 is 2.04 bits per heavy atom. The van der Waals surface area contributed by atoms with Crippen molar-refractivity contribution >= 4 is 34.6 Å². The van der Waals surface area contributed by atoms with E-state index in [9.17, 15) is 9.59 Å². The van der Waals surface area contributed by atoms with Crippen LogP contribution in [-0.2, 0) is 9.47 Å². The molecule has 1 aliphatic rings. The molecule has 1 aromatic carbocycles. The van der Waals surface area contributed by atoms with Gasteiger partial charge in [-0.25, -0.2) is 4.79 Å². The van der Waals surface area contributed by atoms with Crippen LogP contribution < -0.4 is 10.2 Å². The minimum Gasteiger partial charge on any atom is -0.465 e. The number of ether oxygens (including phenoxy) is 2. The predicted molar refractivity (Wildman–Crippen MR) is 93.1 cm³/mol. The van der Waals surface area contributed by atoms with Crippen molar-refractivity contribution in [2.24, 2.45) is 0 Å². The lowest BCUT2D eigenvalue weighted by Gasteiger charge is -2.29. The maximum Gasteiger partial charge on any atom is 0.340 e. The van der Waals surface area contributed by atoms with E-state index in [4.69, 9.17) is 9.47 Å². The number of rotatable bonds is 4. The van der Waals surface area contributed by atoms with Crippen LogP contribution in [0.15, 0.2) is 35.7 Å². The van der Waals surface area contributed by atoms with E-state index in [0.29, 0.717) is 29.3 Å². The van der Waals surface area contributed by atoms with E-state index in [0.717, 1.165) is 18.8 Å². The topological polar surface area (TPSA) is 67.9 Å². The van der Waals surface area contributed by atoms with Gasteiger partial charge in [0.25, 0.3) is 5.91 Å². The van der Waals surface area contributed by atoms with Gasteiger partial charge in [0.2, 0.25) is 0 Å². The standard InChI is InChI=1S/C17H18N2O4S/c1-22-17(21)13-11-12(19-6-8-23-9-7-19)4-5-14(13)18-16(20)15-3-2-10-24-15/h2-5,10-11H,6-9H2,1H3,(H,18,20). The first-order valence-electron chi connectivity index (χ1n) is 7.59. The summed E-state index contributed by atoms with van der Waals surface area (Å²) in [6.45, 7) is 2.85. The Morgan fingerprint density at radius 3 is 2.71 bits per heavy atom. The number of amides is 1. The molecular weight excluding hydrogens is 328 g/mol. The fourth-order valence-electron chi connectivity index (χ4n) is 2.53. The SMILES string of the molecule is COC(=O)c1cc(N2CCOCC2)ccc1NC(=O)c1cccs1. The average molecular weight is 346 g/mol. The minimum absolute atomic E-state index is 0.241. The van der Waals surface area contributed by atoms with Gasteiger partial charge in [-0.3, -0.25) is 4.79 Å². The van der Waals surface area contributed by atoms with E-state index < -0.39 is 5.97 Å². The third-order valence-electron chi connectivity index (χ3n) is 3.78. The van der Waals surface area contributed by atoms with Crippen LogP contribution in [0, 0.1) is 0 Å². The molecule has 0 aliphatic carbocycles. The summed E-state index contributed by atoms with van der Waals surface area (Å²) in [5.41, 5.74) is 1.69. The molecule has 1 saturated heterocycles. The van der Waals surface area contributed by atoms with Gasteiger partial charge in [-0.15, -0.1) is 11.3 Å². The molecule has 126 valence electrons. The smallest absolute Gasteiger partial charge is 0.340 e. The zero-order valence-electron chi connectivity index (χ0n) is 13.3. The monoisotopic (exact) mass is 346 g/mol. The Bertz CT molecular complexity index is 724. The molecule has 0 unspecified atom stereocenters. The molecule has 1 aliphatic heterocycles. The number of anilines is 2. The summed E-state index contributed by atoms with van der Waals surface area (Å²) in [5, 5.41) is 4.62. The molecule has 0 atom stereocenters. The fourth-order valence-corrected chi connectivity index (χ4v) is 3.15. The van der Waals surface area contributed by atoms with Crippen LogP contribution in [0.25, 0.3) is 0 Å². The summed E-state index contributed by atoms with van der Waals surface area (Å²) < 4.78 is 10.2. The van der Waals surface area contributed by atoms with Gasteiger partial charge in [0.15, 0.2) is 0 Å². The number of carbonyl (C=O) groups excluding carboxylic acids is 2. The second-order valence-electron chi connectivity index (χ2n) is 5.25. The van der Waals surface area contributed by atoms with Crippen LogP contribution in [-0.4, -0.2) is 45.3 Å². The minimum atomic E-state index is -0.480. The molecule has 0 bridgehead atoms. The van der Waals surface area contributed by atoms with E-state index in [-0.39, 0.29) is 5.91 Å². The van der Waals surface area contributed by atoms with Crippen molar-refractivity contribution in [2.75, 3.05) is 43.6 Å². The van der Waals surface area contributed by atoms with Crippen molar-refractivity contribution in [1.29, 1.82) is 0 Å². The van der Waals surface area contributed by atoms with Crippen molar-refractivity contribution in [3.8, 4) is 0 Å². The third kappa shape index (κ3) is 3.58. The molecular formula is C17H18N2O4S. The number of methoxy groups -OCH3 is 1. The second-order valence-corrected chi connectivity index (χ2v) is 6.20. The van der Waals surface area contributed by atoms with E-state index in [1.165, 1.54) is 18.4 Å². The van der Waals surface area contributed by atoms with Crippen molar-refractivity contribution in [3.63, 3.8) is 0 Å². The Balaban J connectivity index is 1.87. The van der Waals surface area contributed by atoms with Crippen LogP contribution in [0.1, 0.15) is 20.0 Å². The number of benzene rings is 1. The quantitative estimate of drug-likeness (QED) is 0.862. The number of hydrogen-bond acceptors (Lipinski definition) is 6. The third-order valence-corrected chi connectivity index (χ3v) is 4.65. The Hall–Kier alpha value is -2.38. The maximum atomic E-state index is 12.2. The number of nitrogens with one attached hydrogen (secondary N) is 1. The first-order chi connectivity index (χ1) is 11.7. The van der Waals surface area contributed by atoms with Crippen molar-refractivity contribution in [3.05, 3.63) is 46.2 Å². The molecule has 6 nitrogen and oxygen atoms in total. The molecule has 1 fully saturated rings. The molecule has 7 heteroatoms. The number of morpholine rings is 1. The van der Waals surface area contributed by atoms with Crippen LogP contribution in [0.3, 0.4) is 0 Å². The van der Waals surface area contributed by atoms with Gasteiger partial charge in [-0.1, -0.05) is 6.07 Å². The van der Waals surface area contributed by atoms with Crippen LogP contribution in [0.2, 0.25) is 0 Å². The predicted octanol–water partition coefficient (Wildman–Crippen LogP) is 2.62. The molecule has 3 rings (SSSR count). The van der Waals surface area contributed by atoms with Gasteiger partial charge in [-0.05, 0) is 29.6 Å². The second kappa shape index (κ2) is 7.46. The van der Waals surface area contributed by atoms with Gasteiger partial charge >= 0.3 is 5.97 Å². The van der Waals surface area contributed by atoms with E-state index >= 15 is 0 Å². The van der Waals surface area contributed by atoms with Crippen LogP contribution in [0.4, 0.5) is 11.4 Å². The van der Waals surface area contributed by atoms with Gasteiger partial charge in [0.1, 0.15) is 0 Å². The first kappa shape index (κ1) is 16.5. The summed E-state index contributed by atoms with van der Waals surface area (Å²) in [4.78, 5) is 27.1. The largest absolute Gasteiger partial charge is 0.465 e. The molecule has 1 aromatic heterocycles. The highest BCUT2D eigenvalue weighted by molar-refractivity contribution is 7.12. The number of thiophene rings is 1. The highest BCUT2D eigenvalue weighted by Crippen LogP contribution is 2.26. The molecule has 0 spiro atoms. The summed E-state index contributed by atoms with van der Waals surface area (Å²) in [5.74, 6) is -0.721. The lowest BCUT2D eigenvalue weighted by atomic mass is 10.1. The molecule has 1 amide bonds. The molecule has 1 N–H and O–H groups in total. The zero-order chi connectivity index (χ0) is 16.9. The van der Waals surface area contributed by atoms with E-state index in [1.807, 2.05) is 17.5 Å². The van der Waals surface area contributed by atoms with Gasteiger partial charge < -0.3 is 19.7 Å². The average Bonchev–Trinajstić information content (AvgIpc) is 3.17. The molecule has 0 saturated carbocycles. The zero-order valence-corrected chi connectivity index (χ0v) is 14.1. The van der Waals surface area contributed by atoms with Gasteiger partial charge in [0, 0.05) is 18.8 Å². The molecule has 2 aromatic rings. The van der Waals surface area contributed by atoms with E-state index in [2.05, 4.69) is 10.2 Å². The highest BCUT2D eigenvalue weighted by Gasteiger charge is 2.19. The van der Waals surface area contributed by atoms with Gasteiger partial charge in [-0.2, -0.15) is 0 Å². The number of carbonyl (C=O) groups is 2. The summed E-state index contributed by atoms with van der Waals surface area (Å²) in [6, 6.07) is 8.92. The van der Waals surface area contributed by atoms with Crippen molar-refractivity contribution < 1.29 is 19.1 Å². The fraction of sp³-hybridized carbons (Fsp3) is 0.294. The normalized spacial score (nSPS) is 14.3. The van der Waals surface area contributed by atoms with Gasteiger partial charge in [0.05, 0.1) is 36.5 Å². The number of esters is 1. The molecule has 24 heavy (non-hydrogen) atoms. The summed E-state index contributed by atoms with van der Waals surface area (Å²) in [6.07, 6.45) is 0. The maximum absolute atomic E-state index is 12.2. The summed E-state index contributed by atoms with van der Waals surface area (Å²) in [7, 11) is 1.33. The lowest BCUT2D eigenvalue weighted by molar-refractivity contribution is 0.0602. The first-order valence-corrected chi connectivity index (χ1v) is 8.47. The van der Waals surface area contributed by atoms with Crippen LogP contribution >= 0.6 is 11.3 Å². The Kier molecular flexibility index (Phi) is 5.12. The van der Waals surface area contributed by atoms with Crippen molar-refractivity contribution in [1.82, 2.24) is 0 Å². The molecule has 2 heterocycles. The lowest BCUT2D eigenvalue weighted by Crippen LogP contribution is -2.36. The summed E-state index contributed by atoms with van der Waals surface area (Å²) >= 11 is 1.35. The molecule has 0 radical (unpaired) electrons. The van der Waals surface area contributed by atoms with Crippen LogP contribution in [0.5, 0.6) is 0 Å². The number of hydrogen-bond donors (Lipinski definition) is 1. The van der Waals surface area contributed by atoms with Crippen molar-refractivity contribution in [2.45, 2.75) is 0 Å². The van der Waals surface area contributed by atoms with E-state index in [1.54, 1.807) is 18.2 Å². The number of nitrogens with zero attached hydrogens (tertiary/aromatic N) is 1.